The molecule has 1 aliphatic rings. The van der Waals surface area contributed by atoms with Gasteiger partial charge in [-0.25, -0.2) is 9.97 Å². The van der Waals surface area contributed by atoms with Gasteiger partial charge in [0.1, 0.15) is 0 Å². The molecule has 0 bridgehead atoms. The molecular formula is C53H34N2S. The van der Waals surface area contributed by atoms with Crippen LogP contribution >= 0.6 is 11.3 Å². The molecule has 10 aromatic rings. The van der Waals surface area contributed by atoms with E-state index in [0.717, 1.165) is 28.1 Å². The van der Waals surface area contributed by atoms with Crippen molar-refractivity contribution in [2.45, 2.75) is 5.41 Å². The average molecular weight is 731 g/mol. The van der Waals surface area contributed by atoms with Crippen LogP contribution in [0, 0.1) is 0 Å². The van der Waals surface area contributed by atoms with E-state index in [2.05, 4.69) is 200 Å². The third-order valence-corrected chi connectivity index (χ3v) is 12.6. The molecule has 2 aromatic heterocycles. The van der Waals surface area contributed by atoms with Crippen LogP contribution < -0.4 is 0 Å². The molecule has 1 aliphatic carbocycles. The molecule has 0 saturated heterocycles. The highest BCUT2D eigenvalue weighted by molar-refractivity contribution is 7.25. The van der Waals surface area contributed by atoms with E-state index in [1.54, 1.807) is 0 Å². The number of aromatic nitrogens is 2. The van der Waals surface area contributed by atoms with E-state index < -0.39 is 5.41 Å². The highest BCUT2D eigenvalue weighted by Gasteiger charge is 2.47. The molecule has 0 saturated carbocycles. The first-order valence-corrected chi connectivity index (χ1v) is 19.9. The third kappa shape index (κ3) is 5.09. The third-order valence-electron chi connectivity index (χ3n) is 11.4. The first kappa shape index (κ1) is 32.5. The van der Waals surface area contributed by atoms with E-state index in [4.69, 9.17) is 9.97 Å². The summed E-state index contributed by atoms with van der Waals surface area (Å²) in [7, 11) is 0. The minimum absolute atomic E-state index is 0.556. The van der Waals surface area contributed by atoms with Crippen LogP contribution in [0.25, 0.3) is 76.3 Å². The van der Waals surface area contributed by atoms with E-state index in [0.29, 0.717) is 5.82 Å². The van der Waals surface area contributed by atoms with Gasteiger partial charge in [0, 0.05) is 36.9 Å². The highest BCUT2D eigenvalue weighted by Crippen LogP contribution is 2.57. The van der Waals surface area contributed by atoms with Crippen molar-refractivity contribution in [1.29, 1.82) is 0 Å². The number of thiophene rings is 1. The predicted octanol–water partition coefficient (Wildman–Crippen LogP) is 13.9. The average Bonchev–Trinajstić information content (AvgIpc) is 3.80. The van der Waals surface area contributed by atoms with Gasteiger partial charge in [-0.05, 0) is 68.8 Å². The molecule has 0 fully saturated rings. The van der Waals surface area contributed by atoms with Gasteiger partial charge in [-0.3, -0.25) is 0 Å². The van der Waals surface area contributed by atoms with Crippen LogP contribution in [0.4, 0.5) is 0 Å². The van der Waals surface area contributed by atoms with E-state index in [1.807, 2.05) is 17.4 Å². The molecule has 262 valence electrons. The van der Waals surface area contributed by atoms with E-state index in [9.17, 15) is 0 Å². The van der Waals surface area contributed by atoms with Crippen LogP contribution in [0.15, 0.2) is 206 Å². The standard InChI is InChI=1S/C53H34N2S/c1-3-15-37(16-4-1)52-54-48(36-29-27-35(28-30-36)38-31-32-51-44(33-38)42-21-10-14-26-50(42)56-51)34-49(55-52)43-22-9-13-25-47(43)53(39-17-5-2-6-18-39)45-23-11-7-19-40(45)41-20-8-12-24-46(41)53/h1-34H. The minimum Gasteiger partial charge on any atom is -0.228 e. The van der Waals surface area contributed by atoms with Crippen molar-refractivity contribution in [3.05, 3.63) is 229 Å². The molecule has 0 unspecified atom stereocenters. The maximum Gasteiger partial charge on any atom is 0.160 e. The SMILES string of the molecule is c1ccc(-c2nc(-c3ccc(-c4ccc5sc6ccccc6c5c4)cc3)cc(-c3ccccc3C3(c4ccccc4)c4ccccc4-c4ccccc43)n2)cc1. The summed E-state index contributed by atoms with van der Waals surface area (Å²) in [5, 5.41) is 2.62. The molecule has 0 N–H and O–H groups in total. The number of fused-ring (bicyclic) bond motifs is 6. The number of rotatable bonds is 6. The molecule has 56 heavy (non-hydrogen) atoms. The van der Waals surface area contributed by atoms with Gasteiger partial charge >= 0.3 is 0 Å². The van der Waals surface area contributed by atoms with Crippen molar-refractivity contribution in [2.75, 3.05) is 0 Å². The Morgan fingerprint density at radius 2 is 0.857 bits per heavy atom. The first-order valence-electron chi connectivity index (χ1n) is 19.1. The Balaban J connectivity index is 1.09. The van der Waals surface area contributed by atoms with Crippen LogP contribution in [0.1, 0.15) is 22.3 Å². The summed E-state index contributed by atoms with van der Waals surface area (Å²) in [4.78, 5) is 10.6. The summed E-state index contributed by atoms with van der Waals surface area (Å²) in [6, 6.07) is 74.5. The predicted molar refractivity (Wildman–Crippen MR) is 234 cm³/mol. The molecule has 0 radical (unpaired) electrons. The Kier molecular flexibility index (Phi) is 7.61. The minimum atomic E-state index is -0.556. The molecule has 0 atom stereocenters. The zero-order valence-electron chi connectivity index (χ0n) is 30.4. The van der Waals surface area contributed by atoms with Crippen molar-refractivity contribution in [3.8, 4) is 56.2 Å². The lowest BCUT2D eigenvalue weighted by molar-refractivity contribution is 0.770. The fraction of sp³-hybridized carbons (Fsp3) is 0.0189. The van der Waals surface area contributed by atoms with Crippen LogP contribution in [0.5, 0.6) is 0 Å². The van der Waals surface area contributed by atoms with Gasteiger partial charge in [-0.2, -0.15) is 0 Å². The Labute approximate surface area is 330 Å². The Morgan fingerprint density at radius 1 is 0.339 bits per heavy atom. The summed E-state index contributed by atoms with van der Waals surface area (Å²) >= 11 is 1.85. The summed E-state index contributed by atoms with van der Waals surface area (Å²) in [5.41, 5.74) is 14.2. The maximum atomic E-state index is 5.37. The summed E-state index contributed by atoms with van der Waals surface area (Å²) < 4.78 is 2.63. The summed E-state index contributed by atoms with van der Waals surface area (Å²) in [6.07, 6.45) is 0. The van der Waals surface area contributed by atoms with Gasteiger partial charge < -0.3 is 0 Å². The highest BCUT2D eigenvalue weighted by atomic mass is 32.1. The molecule has 0 spiro atoms. The summed E-state index contributed by atoms with van der Waals surface area (Å²) in [5.74, 6) is 0.702. The van der Waals surface area contributed by atoms with Gasteiger partial charge in [0.2, 0.25) is 0 Å². The van der Waals surface area contributed by atoms with Crippen LogP contribution in [0.2, 0.25) is 0 Å². The normalized spacial score (nSPS) is 12.8. The number of hydrogen-bond acceptors (Lipinski definition) is 3. The van der Waals surface area contributed by atoms with Gasteiger partial charge in [0.15, 0.2) is 5.82 Å². The molecule has 2 heterocycles. The van der Waals surface area contributed by atoms with Crippen molar-refractivity contribution < 1.29 is 0 Å². The Bertz CT molecular complexity index is 3030. The van der Waals surface area contributed by atoms with Crippen molar-refractivity contribution >= 4 is 31.5 Å². The molecule has 0 amide bonds. The van der Waals surface area contributed by atoms with Crippen molar-refractivity contribution in [3.63, 3.8) is 0 Å². The molecule has 11 rings (SSSR count). The second-order valence-electron chi connectivity index (χ2n) is 14.5. The Morgan fingerprint density at radius 3 is 1.57 bits per heavy atom. The lowest BCUT2D eigenvalue weighted by Crippen LogP contribution is -2.29. The topological polar surface area (TPSA) is 25.8 Å². The van der Waals surface area contributed by atoms with E-state index >= 15 is 0 Å². The van der Waals surface area contributed by atoms with Gasteiger partial charge in [-0.15, -0.1) is 11.3 Å². The number of nitrogens with zero attached hydrogens (tertiary/aromatic N) is 2. The van der Waals surface area contributed by atoms with Gasteiger partial charge in [0.25, 0.3) is 0 Å². The zero-order chi connectivity index (χ0) is 37.1. The molecule has 2 nitrogen and oxygen atoms in total. The number of benzene rings is 8. The smallest absolute Gasteiger partial charge is 0.160 e. The van der Waals surface area contributed by atoms with Crippen LogP contribution in [-0.2, 0) is 5.41 Å². The van der Waals surface area contributed by atoms with Gasteiger partial charge in [-0.1, -0.05) is 182 Å². The summed E-state index contributed by atoms with van der Waals surface area (Å²) in [6.45, 7) is 0. The molecular weight excluding hydrogens is 697 g/mol. The monoisotopic (exact) mass is 730 g/mol. The fourth-order valence-corrected chi connectivity index (χ4v) is 9.99. The molecule has 0 aliphatic heterocycles. The Hall–Kier alpha value is -6.94. The molecule has 3 heteroatoms. The van der Waals surface area contributed by atoms with Crippen molar-refractivity contribution in [2.24, 2.45) is 0 Å². The lowest BCUT2D eigenvalue weighted by atomic mass is 9.66. The fourth-order valence-electron chi connectivity index (χ4n) is 8.90. The van der Waals surface area contributed by atoms with Crippen molar-refractivity contribution in [1.82, 2.24) is 9.97 Å². The largest absolute Gasteiger partial charge is 0.228 e. The second-order valence-corrected chi connectivity index (χ2v) is 15.6. The van der Waals surface area contributed by atoms with E-state index in [1.165, 1.54) is 64.7 Å². The van der Waals surface area contributed by atoms with Crippen LogP contribution in [0.3, 0.4) is 0 Å². The second kappa shape index (κ2) is 13.1. The molecule has 8 aromatic carbocycles. The number of hydrogen-bond donors (Lipinski definition) is 0. The quantitative estimate of drug-likeness (QED) is 0.170. The maximum absolute atomic E-state index is 5.37. The first-order chi connectivity index (χ1) is 27.8. The van der Waals surface area contributed by atoms with Crippen LogP contribution in [-0.4, -0.2) is 9.97 Å². The van der Waals surface area contributed by atoms with Gasteiger partial charge in [0.05, 0.1) is 16.8 Å². The lowest BCUT2D eigenvalue weighted by Gasteiger charge is -2.35. The zero-order valence-corrected chi connectivity index (χ0v) is 31.2. The van der Waals surface area contributed by atoms with E-state index in [-0.39, 0.29) is 0 Å².